The van der Waals surface area contributed by atoms with Crippen molar-refractivity contribution in [3.05, 3.63) is 77.7 Å². The number of amides is 1. The van der Waals surface area contributed by atoms with E-state index in [-0.39, 0.29) is 11.7 Å². The van der Waals surface area contributed by atoms with E-state index < -0.39 is 0 Å². The molecule has 1 aliphatic heterocycles. The first-order valence-electron chi connectivity index (χ1n) is 10.8. The number of piperazine rings is 1. The molecule has 1 fully saturated rings. The van der Waals surface area contributed by atoms with Crippen LogP contribution in [0.25, 0.3) is 0 Å². The second kappa shape index (κ2) is 10.3. The predicted molar refractivity (Wildman–Crippen MR) is 126 cm³/mol. The van der Waals surface area contributed by atoms with Crippen molar-refractivity contribution in [3.8, 4) is 11.5 Å². The molecule has 1 saturated heterocycles. The fraction of sp³-hybridized carbons (Fsp3) is 0.280. The molecule has 1 aliphatic rings. The number of pyridine rings is 1. The van der Waals surface area contributed by atoms with Gasteiger partial charge in [0.15, 0.2) is 0 Å². The van der Waals surface area contributed by atoms with Gasteiger partial charge in [-0.3, -0.25) is 9.69 Å². The average Bonchev–Trinajstić information content (AvgIpc) is 2.86. The molecule has 0 radical (unpaired) electrons. The summed E-state index contributed by atoms with van der Waals surface area (Å²) in [6.07, 6.45) is 1.65. The molecule has 0 spiro atoms. The van der Waals surface area contributed by atoms with Crippen LogP contribution in [0.2, 0.25) is 0 Å². The Balaban J connectivity index is 1.33. The van der Waals surface area contributed by atoms with Crippen LogP contribution in [0.1, 0.15) is 15.9 Å². The first kappa shape index (κ1) is 22.5. The number of halogens is 1. The molecule has 0 aliphatic carbocycles. The minimum Gasteiger partial charge on any atom is -0.497 e. The number of nitrogens with zero attached hydrogens (tertiary/aromatic N) is 3. The van der Waals surface area contributed by atoms with Crippen LogP contribution in [0.4, 0.5) is 15.9 Å². The molecule has 2 aromatic carbocycles. The smallest absolute Gasteiger partial charge is 0.255 e. The largest absolute Gasteiger partial charge is 0.497 e. The minimum atomic E-state index is -0.275. The number of carbonyl (C=O) groups is 1. The highest BCUT2D eigenvalue weighted by Gasteiger charge is 2.19. The van der Waals surface area contributed by atoms with E-state index in [1.165, 1.54) is 6.07 Å². The van der Waals surface area contributed by atoms with Gasteiger partial charge in [-0.15, -0.1) is 0 Å². The number of carbonyl (C=O) groups excluding carboxylic acids is 1. The Labute approximate surface area is 192 Å². The molecule has 0 atom stereocenters. The van der Waals surface area contributed by atoms with Crippen LogP contribution in [0.3, 0.4) is 0 Å². The molecule has 1 aromatic heterocycles. The highest BCUT2D eigenvalue weighted by molar-refractivity contribution is 6.04. The maximum absolute atomic E-state index is 13.9. The van der Waals surface area contributed by atoms with Crippen molar-refractivity contribution in [2.45, 2.75) is 6.54 Å². The summed E-state index contributed by atoms with van der Waals surface area (Å²) in [5.41, 5.74) is 1.75. The Morgan fingerprint density at radius 2 is 1.70 bits per heavy atom. The summed E-state index contributed by atoms with van der Waals surface area (Å²) in [7, 11) is 3.08. The summed E-state index contributed by atoms with van der Waals surface area (Å²) >= 11 is 0. The number of methoxy groups -OCH3 is 2. The molecular formula is C25H27FN4O3. The maximum Gasteiger partial charge on any atom is 0.255 e. The highest BCUT2D eigenvalue weighted by Crippen LogP contribution is 2.24. The number of hydrogen-bond donors (Lipinski definition) is 1. The predicted octanol–water partition coefficient (Wildman–Crippen LogP) is 3.81. The second-order valence-corrected chi connectivity index (χ2v) is 7.82. The topological polar surface area (TPSA) is 66.9 Å². The van der Waals surface area contributed by atoms with Crippen LogP contribution < -0.4 is 19.7 Å². The Morgan fingerprint density at radius 3 is 2.30 bits per heavy atom. The summed E-state index contributed by atoms with van der Waals surface area (Å²) in [6, 6.07) is 15.7. The lowest BCUT2D eigenvalue weighted by Crippen LogP contribution is -2.46. The molecule has 8 heteroatoms. The van der Waals surface area contributed by atoms with E-state index in [9.17, 15) is 9.18 Å². The number of aromatic nitrogens is 1. The highest BCUT2D eigenvalue weighted by atomic mass is 19.1. The maximum atomic E-state index is 13.9. The zero-order valence-electron chi connectivity index (χ0n) is 18.8. The molecule has 0 saturated carbocycles. The van der Waals surface area contributed by atoms with Gasteiger partial charge in [0.2, 0.25) is 0 Å². The van der Waals surface area contributed by atoms with Crippen LogP contribution in [0.15, 0.2) is 60.8 Å². The standard InChI is InChI=1S/C25H27FN4O3/c1-32-21-13-19(14-22(15-21)33-2)25(31)28-20-7-8-24(27-16-20)30-11-9-29(10-12-30)17-18-5-3-4-6-23(18)26/h3-8,13-16H,9-12,17H2,1-2H3,(H,28,31). The Kier molecular flexibility index (Phi) is 7.04. The minimum absolute atomic E-state index is 0.161. The number of ether oxygens (including phenoxy) is 2. The van der Waals surface area contributed by atoms with E-state index in [1.807, 2.05) is 24.3 Å². The van der Waals surface area contributed by atoms with Crippen molar-refractivity contribution in [2.24, 2.45) is 0 Å². The van der Waals surface area contributed by atoms with Gasteiger partial charge in [0.05, 0.1) is 26.1 Å². The van der Waals surface area contributed by atoms with Crippen molar-refractivity contribution in [1.82, 2.24) is 9.88 Å². The van der Waals surface area contributed by atoms with Crippen LogP contribution >= 0.6 is 0 Å². The normalized spacial score (nSPS) is 14.1. The Morgan fingerprint density at radius 1 is 1.00 bits per heavy atom. The number of hydrogen-bond acceptors (Lipinski definition) is 6. The fourth-order valence-electron chi connectivity index (χ4n) is 3.79. The molecule has 3 aromatic rings. The fourth-order valence-corrected chi connectivity index (χ4v) is 3.79. The van der Waals surface area contributed by atoms with E-state index in [0.717, 1.165) is 37.6 Å². The van der Waals surface area contributed by atoms with Crippen LogP contribution in [0, 0.1) is 5.82 Å². The first-order chi connectivity index (χ1) is 16.1. The summed E-state index contributed by atoms with van der Waals surface area (Å²) in [5.74, 6) is 1.50. The lowest BCUT2D eigenvalue weighted by atomic mass is 10.2. The van der Waals surface area contributed by atoms with Crippen molar-refractivity contribution >= 4 is 17.4 Å². The van der Waals surface area contributed by atoms with Gasteiger partial charge in [-0.2, -0.15) is 0 Å². The van der Waals surface area contributed by atoms with Crippen LogP contribution in [-0.2, 0) is 6.54 Å². The summed E-state index contributed by atoms with van der Waals surface area (Å²) < 4.78 is 24.4. The van der Waals surface area contributed by atoms with Gasteiger partial charge in [-0.05, 0) is 30.3 Å². The number of nitrogens with one attached hydrogen (secondary N) is 1. The van der Waals surface area contributed by atoms with E-state index in [2.05, 4.69) is 20.1 Å². The summed E-state index contributed by atoms with van der Waals surface area (Å²) in [5, 5.41) is 2.86. The number of benzene rings is 2. The lowest BCUT2D eigenvalue weighted by Gasteiger charge is -2.35. The van der Waals surface area contributed by atoms with Crippen LogP contribution in [-0.4, -0.2) is 56.2 Å². The average molecular weight is 451 g/mol. The third-order valence-corrected chi connectivity index (χ3v) is 5.67. The molecule has 0 unspecified atom stereocenters. The Bertz CT molecular complexity index is 1080. The monoisotopic (exact) mass is 450 g/mol. The van der Waals surface area contributed by atoms with Gasteiger partial charge in [0.1, 0.15) is 23.1 Å². The van der Waals surface area contributed by atoms with Gasteiger partial charge in [-0.1, -0.05) is 18.2 Å². The zero-order chi connectivity index (χ0) is 23.2. The summed E-state index contributed by atoms with van der Waals surface area (Å²) in [4.78, 5) is 21.6. The molecular weight excluding hydrogens is 423 g/mol. The van der Waals surface area contributed by atoms with Gasteiger partial charge in [-0.25, -0.2) is 9.37 Å². The third-order valence-electron chi connectivity index (χ3n) is 5.67. The SMILES string of the molecule is COc1cc(OC)cc(C(=O)Nc2ccc(N3CCN(Cc4ccccc4F)CC3)nc2)c1. The summed E-state index contributed by atoms with van der Waals surface area (Å²) in [6.45, 7) is 3.86. The third kappa shape index (κ3) is 5.59. The van der Waals surface area contributed by atoms with E-state index in [4.69, 9.17) is 9.47 Å². The molecule has 33 heavy (non-hydrogen) atoms. The molecule has 1 amide bonds. The second-order valence-electron chi connectivity index (χ2n) is 7.82. The van der Waals surface area contributed by atoms with Crippen molar-refractivity contribution < 1.29 is 18.7 Å². The van der Waals surface area contributed by atoms with Gasteiger partial charge < -0.3 is 19.7 Å². The number of anilines is 2. The van der Waals surface area contributed by atoms with Crippen LogP contribution in [0.5, 0.6) is 11.5 Å². The zero-order valence-corrected chi connectivity index (χ0v) is 18.8. The quantitative estimate of drug-likeness (QED) is 0.591. The van der Waals surface area contributed by atoms with Crippen molar-refractivity contribution in [3.63, 3.8) is 0 Å². The molecule has 0 bridgehead atoms. The first-order valence-corrected chi connectivity index (χ1v) is 10.8. The van der Waals surface area contributed by atoms with E-state index in [1.54, 1.807) is 44.7 Å². The molecule has 1 N–H and O–H groups in total. The van der Waals surface area contributed by atoms with Gasteiger partial charge in [0.25, 0.3) is 5.91 Å². The van der Waals surface area contributed by atoms with E-state index in [0.29, 0.717) is 29.3 Å². The lowest BCUT2D eigenvalue weighted by molar-refractivity contribution is 0.102. The van der Waals surface area contributed by atoms with E-state index >= 15 is 0 Å². The molecule has 4 rings (SSSR count). The Hall–Kier alpha value is -3.65. The molecule has 172 valence electrons. The van der Waals surface area contributed by atoms with Crippen molar-refractivity contribution in [2.75, 3.05) is 50.6 Å². The van der Waals surface area contributed by atoms with Crippen molar-refractivity contribution in [1.29, 1.82) is 0 Å². The molecule has 2 heterocycles. The van der Waals surface area contributed by atoms with Gasteiger partial charge in [0, 0.05) is 49.9 Å². The number of rotatable bonds is 7. The molecule has 7 nitrogen and oxygen atoms in total. The van der Waals surface area contributed by atoms with Gasteiger partial charge >= 0.3 is 0 Å².